The zero-order valence-electron chi connectivity index (χ0n) is 14.1. The predicted molar refractivity (Wildman–Crippen MR) is 95.7 cm³/mol. The van der Waals surface area contributed by atoms with E-state index in [1.54, 1.807) is 23.6 Å². The lowest BCUT2D eigenvalue weighted by Gasteiger charge is -2.22. The van der Waals surface area contributed by atoms with Crippen LogP contribution >= 0.6 is 23.1 Å². The molecule has 2 heterocycles. The first-order chi connectivity index (χ1) is 11.3. The van der Waals surface area contributed by atoms with Crippen molar-refractivity contribution in [2.75, 3.05) is 14.1 Å². The number of carbonyl (C=O) groups excluding carboxylic acids is 2. The first kappa shape index (κ1) is 18.5. The van der Waals surface area contributed by atoms with Crippen molar-refractivity contribution in [2.24, 2.45) is 11.7 Å². The van der Waals surface area contributed by atoms with Crippen molar-refractivity contribution in [1.82, 2.24) is 19.7 Å². The molecule has 0 aliphatic heterocycles. The van der Waals surface area contributed by atoms with Crippen LogP contribution in [-0.4, -0.2) is 50.8 Å². The number of primary amides is 1. The van der Waals surface area contributed by atoms with E-state index in [4.69, 9.17) is 5.73 Å². The zero-order valence-corrected chi connectivity index (χ0v) is 15.7. The van der Waals surface area contributed by atoms with E-state index >= 15 is 0 Å². The Balaban J connectivity index is 2.38. The molecule has 2 aromatic rings. The van der Waals surface area contributed by atoms with Gasteiger partial charge in [0.25, 0.3) is 0 Å². The molecule has 0 aromatic carbocycles. The minimum absolute atomic E-state index is 0.00120. The summed E-state index contributed by atoms with van der Waals surface area (Å²) < 4.78 is 1.68. The van der Waals surface area contributed by atoms with Crippen LogP contribution in [0.2, 0.25) is 0 Å². The lowest BCUT2D eigenvalue weighted by Crippen LogP contribution is -2.35. The molecule has 0 bridgehead atoms. The van der Waals surface area contributed by atoms with Gasteiger partial charge in [-0.25, -0.2) is 0 Å². The van der Waals surface area contributed by atoms with Gasteiger partial charge in [-0.3, -0.25) is 14.2 Å². The van der Waals surface area contributed by atoms with Gasteiger partial charge in [0.1, 0.15) is 6.54 Å². The quantitative estimate of drug-likeness (QED) is 0.752. The topological polar surface area (TPSA) is 94.1 Å². The van der Waals surface area contributed by atoms with Crippen molar-refractivity contribution in [3.8, 4) is 10.7 Å². The molecule has 0 aliphatic carbocycles. The van der Waals surface area contributed by atoms with Crippen LogP contribution in [0.5, 0.6) is 0 Å². The lowest BCUT2D eigenvalue weighted by atomic mass is 10.1. The summed E-state index contributed by atoms with van der Waals surface area (Å²) in [6.45, 7) is 3.94. The Hall–Kier alpha value is -1.87. The number of amides is 2. The molecule has 0 aliphatic rings. The molecule has 0 spiro atoms. The number of nitrogens with two attached hydrogens (primary N) is 1. The summed E-state index contributed by atoms with van der Waals surface area (Å²) in [5, 5.41) is 10.5. The second-order valence-electron chi connectivity index (χ2n) is 5.85. The highest BCUT2D eigenvalue weighted by Crippen LogP contribution is 2.32. The number of thiophene rings is 1. The Kier molecular flexibility index (Phi) is 6.00. The van der Waals surface area contributed by atoms with Crippen molar-refractivity contribution >= 4 is 34.9 Å². The molecule has 2 N–H and O–H groups in total. The van der Waals surface area contributed by atoms with Gasteiger partial charge >= 0.3 is 0 Å². The van der Waals surface area contributed by atoms with Crippen LogP contribution in [0.3, 0.4) is 0 Å². The highest BCUT2D eigenvalue weighted by atomic mass is 32.2. The average Bonchev–Trinajstić information content (AvgIpc) is 3.13. The Morgan fingerprint density at radius 3 is 2.58 bits per heavy atom. The number of hydrogen-bond donors (Lipinski definition) is 1. The summed E-state index contributed by atoms with van der Waals surface area (Å²) in [6.07, 6.45) is 0. The smallest absolute Gasteiger partial charge is 0.237 e. The summed E-state index contributed by atoms with van der Waals surface area (Å²) in [6, 6.07) is 3.81. The van der Waals surface area contributed by atoms with Gasteiger partial charge in [0.2, 0.25) is 11.8 Å². The maximum absolute atomic E-state index is 12.4. The second kappa shape index (κ2) is 7.80. The lowest BCUT2D eigenvalue weighted by molar-refractivity contribution is -0.128. The maximum atomic E-state index is 12.4. The fourth-order valence-corrected chi connectivity index (χ4v) is 4.00. The van der Waals surface area contributed by atoms with Crippen LogP contribution in [0.15, 0.2) is 22.7 Å². The first-order valence-electron chi connectivity index (χ1n) is 7.44. The number of aromatic nitrogens is 3. The van der Waals surface area contributed by atoms with Gasteiger partial charge in [0.05, 0.1) is 10.1 Å². The molecule has 0 saturated heterocycles. The van der Waals surface area contributed by atoms with Gasteiger partial charge in [0.15, 0.2) is 11.0 Å². The van der Waals surface area contributed by atoms with Gasteiger partial charge < -0.3 is 10.6 Å². The normalized spacial score (nSPS) is 12.4. The SMILES string of the molecule is CC(C)[C@@H](Sc1nnc(-c2cccs2)n1CC(N)=O)C(=O)N(C)C. The van der Waals surface area contributed by atoms with Gasteiger partial charge in [-0.05, 0) is 17.4 Å². The van der Waals surface area contributed by atoms with E-state index in [-0.39, 0.29) is 23.6 Å². The minimum Gasteiger partial charge on any atom is -0.368 e. The molecular weight excluding hydrogens is 346 g/mol. The van der Waals surface area contributed by atoms with E-state index < -0.39 is 5.91 Å². The summed E-state index contributed by atoms with van der Waals surface area (Å²) in [7, 11) is 3.45. The third-order valence-electron chi connectivity index (χ3n) is 3.29. The number of nitrogens with zero attached hydrogens (tertiary/aromatic N) is 4. The van der Waals surface area contributed by atoms with Gasteiger partial charge in [0, 0.05) is 14.1 Å². The predicted octanol–water partition coefficient (Wildman–Crippen LogP) is 1.70. The summed E-state index contributed by atoms with van der Waals surface area (Å²) in [5.74, 6) is 0.218. The Morgan fingerprint density at radius 2 is 2.08 bits per heavy atom. The highest BCUT2D eigenvalue weighted by Gasteiger charge is 2.28. The van der Waals surface area contributed by atoms with E-state index in [9.17, 15) is 9.59 Å². The molecule has 0 saturated carbocycles. The number of hydrogen-bond acceptors (Lipinski definition) is 6. The molecule has 2 rings (SSSR count). The summed E-state index contributed by atoms with van der Waals surface area (Å²) in [4.78, 5) is 26.3. The van der Waals surface area contributed by atoms with Crippen molar-refractivity contribution in [3.63, 3.8) is 0 Å². The Labute approximate surface area is 149 Å². The minimum atomic E-state index is -0.477. The highest BCUT2D eigenvalue weighted by molar-refractivity contribution is 8.00. The molecule has 0 fully saturated rings. The molecule has 130 valence electrons. The molecule has 9 heteroatoms. The first-order valence-corrected chi connectivity index (χ1v) is 9.20. The van der Waals surface area contributed by atoms with Crippen LogP contribution in [0.4, 0.5) is 0 Å². The molecular formula is C15H21N5O2S2. The van der Waals surface area contributed by atoms with Crippen LogP contribution in [-0.2, 0) is 16.1 Å². The summed E-state index contributed by atoms with van der Waals surface area (Å²) in [5.41, 5.74) is 5.38. The Morgan fingerprint density at radius 1 is 1.38 bits per heavy atom. The van der Waals surface area contributed by atoms with Gasteiger partial charge in [-0.1, -0.05) is 31.7 Å². The molecule has 0 unspecified atom stereocenters. The molecule has 2 aromatic heterocycles. The number of rotatable bonds is 7. The van der Waals surface area contributed by atoms with E-state index in [0.717, 1.165) is 4.88 Å². The fraction of sp³-hybridized carbons (Fsp3) is 0.467. The fourth-order valence-electron chi connectivity index (χ4n) is 2.10. The molecule has 2 amide bonds. The van der Waals surface area contributed by atoms with Crippen molar-refractivity contribution in [2.45, 2.75) is 30.8 Å². The van der Waals surface area contributed by atoms with E-state index in [1.807, 2.05) is 31.4 Å². The average molecular weight is 368 g/mol. The van der Waals surface area contributed by atoms with Crippen LogP contribution in [0, 0.1) is 5.92 Å². The van der Waals surface area contributed by atoms with Gasteiger partial charge in [-0.15, -0.1) is 21.5 Å². The standard InChI is InChI=1S/C15H21N5O2S2/c1-9(2)12(14(22)19(3)4)24-15-18-17-13(10-6-5-7-23-10)20(15)8-11(16)21/h5-7,9,12H,8H2,1-4H3,(H2,16,21)/t12-/m1/s1. The number of thioether (sulfide) groups is 1. The molecule has 24 heavy (non-hydrogen) atoms. The van der Waals surface area contributed by atoms with E-state index in [1.165, 1.54) is 23.1 Å². The van der Waals surface area contributed by atoms with Crippen LogP contribution < -0.4 is 5.73 Å². The van der Waals surface area contributed by atoms with E-state index in [2.05, 4.69) is 10.2 Å². The van der Waals surface area contributed by atoms with Crippen molar-refractivity contribution < 1.29 is 9.59 Å². The molecule has 1 atom stereocenters. The third-order valence-corrected chi connectivity index (χ3v) is 5.67. The molecule has 7 nitrogen and oxygen atoms in total. The van der Waals surface area contributed by atoms with Crippen molar-refractivity contribution in [1.29, 1.82) is 0 Å². The zero-order chi connectivity index (χ0) is 17.9. The van der Waals surface area contributed by atoms with Crippen molar-refractivity contribution in [3.05, 3.63) is 17.5 Å². The molecule has 0 radical (unpaired) electrons. The monoisotopic (exact) mass is 367 g/mol. The van der Waals surface area contributed by atoms with Crippen LogP contribution in [0.25, 0.3) is 10.7 Å². The van der Waals surface area contributed by atoms with Crippen LogP contribution in [0.1, 0.15) is 13.8 Å². The summed E-state index contributed by atoms with van der Waals surface area (Å²) >= 11 is 2.82. The Bertz CT molecular complexity index is 710. The van der Waals surface area contributed by atoms with E-state index in [0.29, 0.717) is 11.0 Å². The third kappa shape index (κ3) is 4.15. The van der Waals surface area contributed by atoms with Gasteiger partial charge in [-0.2, -0.15) is 0 Å². The largest absolute Gasteiger partial charge is 0.368 e. The number of carbonyl (C=O) groups is 2. The second-order valence-corrected chi connectivity index (χ2v) is 7.91. The maximum Gasteiger partial charge on any atom is 0.237 e.